The zero-order chi connectivity index (χ0) is 21.1. The molecule has 0 spiro atoms. The Morgan fingerprint density at radius 3 is 2.70 bits per heavy atom. The standard InChI is InChI=1S/C25H32N2O3/c1-3-25(29)26-17(2)20-8-6-18(7-9-20)13-27-14-21-10-11-22(30-16-19-4-5-19)12-23(21)24(28)15-27/h6-12,17,19,24,28H,3-5,13-16H2,1-2H3,(H,26,29)/t17-,24?/m0/s1. The number of carbonyl (C=O) groups is 1. The van der Waals surface area contributed by atoms with E-state index in [9.17, 15) is 9.90 Å². The summed E-state index contributed by atoms with van der Waals surface area (Å²) in [5.41, 5.74) is 4.46. The number of aliphatic hydroxyl groups excluding tert-OH is 1. The predicted octanol–water partition coefficient (Wildman–Crippen LogP) is 4.11. The van der Waals surface area contributed by atoms with Gasteiger partial charge in [0.25, 0.3) is 0 Å². The average Bonchev–Trinajstić information content (AvgIpc) is 3.57. The van der Waals surface area contributed by atoms with E-state index in [1.165, 1.54) is 24.0 Å². The van der Waals surface area contributed by atoms with Crippen molar-refractivity contribution in [2.75, 3.05) is 13.2 Å². The van der Waals surface area contributed by atoms with Crippen LogP contribution in [0.5, 0.6) is 5.75 Å². The molecular formula is C25H32N2O3. The molecule has 1 fully saturated rings. The van der Waals surface area contributed by atoms with Crippen LogP contribution in [-0.2, 0) is 17.9 Å². The first-order chi connectivity index (χ1) is 14.5. The highest BCUT2D eigenvalue weighted by Gasteiger charge is 2.25. The van der Waals surface area contributed by atoms with Crippen molar-refractivity contribution in [3.8, 4) is 5.75 Å². The van der Waals surface area contributed by atoms with Crippen molar-refractivity contribution in [3.63, 3.8) is 0 Å². The van der Waals surface area contributed by atoms with Crippen LogP contribution in [0.25, 0.3) is 0 Å². The molecule has 0 saturated heterocycles. The molecule has 1 amide bonds. The summed E-state index contributed by atoms with van der Waals surface area (Å²) >= 11 is 0. The Morgan fingerprint density at radius 2 is 2.00 bits per heavy atom. The van der Waals surface area contributed by atoms with Crippen LogP contribution in [0.3, 0.4) is 0 Å². The minimum Gasteiger partial charge on any atom is -0.493 e. The fraction of sp³-hybridized carbons (Fsp3) is 0.480. The Labute approximate surface area is 179 Å². The van der Waals surface area contributed by atoms with Crippen LogP contribution in [0, 0.1) is 5.92 Å². The summed E-state index contributed by atoms with van der Waals surface area (Å²) in [5.74, 6) is 1.65. The lowest BCUT2D eigenvalue weighted by atomic mass is 9.96. The molecule has 1 saturated carbocycles. The second-order valence-electron chi connectivity index (χ2n) is 8.68. The van der Waals surface area contributed by atoms with Gasteiger partial charge in [-0.25, -0.2) is 0 Å². The van der Waals surface area contributed by atoms with Gasteiger partial charge in [-0.3, -0.25) is 9.69 Å². The molecular weight excluding hydrogens is 376 g/mol. The van der Waals surface area contributed by atoms with Crippen molar-refractivity contribution in [1.82, 2.24) is 10.2 Å². The molecule has 1 unspecified atom stereocenters. The van der Waals surface area contributed by atoms with Gasteiger partial charge in [0.2, 0.25) is 5.91 Å². The van der Waals surface area contributed by atoms with E-state index in [1.807, 2.05) is 26.0 Å². The Bertz CT molecular complexity index is 876. The molecule has 5 heteroatoms. The highest BCUT2D eigenvalue weighted by molar-refractivity contribution is 5.76. The first kappa shape index (κ1) is 20.9. The zero-order valence-corrected chi connectivity index (χ0v) is 17.9. The third-order valence-electron chi connectivity index (χ3n) is 6.07. The number of hydrogen-bond donors (Lipinski definition) is 2. The molecule has 4 rings (SSSR count). The van der Waals surface area contributed by atoms with Gasteiger partial charge in [0.05, 0.1) is 18.8 Å². The largest absolute Gasteiger partial charge is 0.493 e. The van der Waals surface area contributed by atoms with E-state index < -0.39 is 6.10 Å². The molecule has 1 heterocycles. The molecule has 30 heavy (non-hydrogen) atoms. The molecule has 0 bridgehead atoms. The van der Waals surface area contributed by atoms with Gasteiger partial charge >= 0.3 is 0 Å². The minimum atomic E-state index is -0.498. The summed E-state index contributed by atoms with van der Waals surface area (Å²) in [4.78, 5) is 13.9. The third kappa shape index (κ3) is 5.21. The van der Waals surface area contributed by atoms with Crippen molar-refractivity contribution in [3.05, 3.63) is 64.7 Å². The monoisotopic (exact) mass is 408 g/mol. The van der Waals surface area contributed by atoms with Crippen molar-refractivity contribution in [1.29, 1.82) is 0 Å². The topological polar surface area (TPSA) is 61.8 Å². The number of hydrogen-bond acceptors (Lipinski definition) is 4. The van der Waals surface area contributed by atoms with E-state index in [-0.39, 0.29) is 11.9 Å². The summed E-state index contributed by atoms with van der Waals surface area (Å²) in [6.45, 7) is 6.87. The quantitative estimate of drug-likeness (QED) is 0.690. The number of ether oxygens (including phenoxy) is 1. The fourth-order valence-electron chi connectivity index (χ4n) is 3.98. The lowest BCUT2D eigenvalue weighted by Crippen LogP contribution is -2.33. The van der Waals surface area contributed by atoms with Crippen molar-refractivity contribution in [2.24, 2.45) is 5.92 Å². The second kappa shape index (κ2) is 9.19. The number of amides is 1. The van der Waals surface area contributed by atoms with Crippen LogP contribution >= 0.6 is 0 Å². The van der Waals surface area contributed by atoms with Crippen molar-refractivity contribution >= 4 is 5.91 Å². The molecule has 2 aromatic rings. The van der Waals surface area contributed by atoms with E-state index in [4.69, 9.17) is 4.74 Å². The molecule has 1 aliphatic carbocycles. The Kier molecular flexibility index (Phi) is 6.40. The molecule has 0 radical (unpaired) electrons. The highest BCUT2D eigenvalue weighted by Crippen LogP contribution is 2.33. The molecule has 2 N–H and O–H groups in total. The number of β-amino-alcohol motifs (C(OH)–C–C–N with tert-alkyl or cyclic N) is 1. The Balaban J connectivity index is 1.36. The average molecular weight is 409 g/mol. The van der Waals surface area contributed by atoms with Crippen LogP contribution in [0.2, 0.25) is 0 Å². The zero-order valence-electron chi connectivity index (χ0n) is 17.9. The second-order valence-corrected chi connectivity index (χ2v) is 8.68. The third-order valence-corrected chi connectivity index (χ3v) is 6.07. The van der Waals surface area contributed by atoms with Gasteiger partial charge in [-0.2, -0.15) is 0 Å². The number of benzene rings is 2. The summed E-state index contributed by atoms with van der Waals surface area (Å²) in [5, 5.41) is 13.7. The van der Waals surface area contributed by atoms with Gasteiger partial charge in [0.15, 0.2) is 0 Å². The van der Waals surface area contributed by atoms with Gasteiger partial charge in [0.1, 0.15) is 5.75 Å². The van der Waals surface area contributed by atoms with Crippen LogP contribution in [0.4, 0.5) is 0 Å². The number of carbonyl (C=O) groups excluding carboxylic acids is 1. The lowest BCUT2D eigenvalue weighted by Gasteiger charge is -2.32. The highest BCUT2D eigenvalue weighted by atomic mass is 16.5. The molecule has 2 aliphatic rings. The summed E-state index contributed by atoms with van der Waals surface area (Å²) < 4.78 is 5.88. The lowest BCUT2D eigenvalue weighted by molar-refractivity contribution is -0.121. The predicted molar refractivity (Wildman–Crippen MR) is 117 cm³/mol. The van der Waals surface area contributed by atoms with E-state index in [0.717, 1.165) is 42.5 Å². The number of rotatable bonds is 8. The summed E-state index contributed by atoms with van der Waals surface area (Å²) in [6.07, 6.45) is 2.54. The van der Waals surface area contributed by atoms with E-state index in [2.05, 4.69) is 40.5 Å². The molecule has 5 nitrogen and oxygen atoms in total. The smallest absolute Gasteiger partial charge is 0.220 e. The van der Waals surface area contributed by atoms with Crippen molar-refractivity contribution < 1.29 is 14.6 Å². The molecule has 160 valence electrons. The van der Waals surface area contributed by atoms with E-state index >= 15 is 0 Å². The maximum absolute atomic E-state index is 11.6. The van der Waals surface area contributed by atoms with Crippen LogP contribution < -0.4 is 10.1 Å². The molecule has 2 atom stereocenters. The number of fused-ring (bicyclic) bond motifs is 1. The molecule has 2 aromatic carbocycles. The number of nitrogens with one attached hydrogen (secondary N) is 1. The van der Waals surface area contributed by atoms with Gasteiger partial charge in [-0.1, -0.05) is 37.3 Å². The maximum Gasteiger partial charge on any atom is 0.220 e. The Morgan fingerprint density at radius 1 is 1.23 bits per heavy atom. The maximum atomic E-state index is 11.6. The van der Waals surface area contributed by atoms with Gasteiger partial charge < -0.3 is 15.2 Å². The van der Waals surface area contributed by atoms with Gasteiger partial charge in [-0.05, 0) is 60.1 Å². The van der Waals surface area contributed by atoms with Crippen LogP contribution in [0.15, 0.2) is 42.5 Å². The van der Waals surface area contributed by atoms with Crippen LogP contribution in [-0.4, -0.2) is 29.1 Å². The van der Waals surface area contributed by atoms with Crippen LogP contribution in [0.1, 0.15) is 67.5 Å². The number of aliphatic hydroxyl groups is 1. The molecule has 0 aromatic heterocycles. The van der Waals surface area contributed by atoms with Gasteiger partial charge in [-0.15, -0.1) is 0 Å². The Hall–Kier alpha value is -2.37. The molecule has 1 aliphatic heterocycles. The first-order valence-corrected chi connectivity index (χ1v) is 11.1. The first-order valence-electron chi connectivity index (χ1n) is 11.1. The SMILES string of the molecule is CCC(=O)N[C@@H](C)c1ccc(CN2Cc3ccc(OCC4CC4)cc3C(O)C2)cc1. The number of nitrogens with zero attached hydrogens (tertiary/aromatic N) is 1. The summed E-state index contributed by atoms with van der Waals surface area (Å²) in [7, 11) is 0. The minimum absolute atomic E-state index is 0.00603. The van der Waals surface area contributed by atoms with E-state index in [0.29, 0.717) is 13.0 Å². The normalized spacial score (nSPS) is 19.8. The summed E-state index contributed by atoms with van der Waals surface area (Å²) in [6, 6.07) is 14.5. The van der Waals surface area contributed by atoms with Gasteiger partial charge in [0, 0.05) is 26.1 Å². The van der Waals surface area contributed by atoms with Crippen molar-refractivity contribution in [2.45, 2.75) is 58.3 Å². The van der Waals surface area contributed by atoms with E-state index in [1.54, 1.807) is 0 Å². The fourth-order valence-corrected chi connectivity index (χ4v) is 3.98.